The van der Waals surface area contributed by atoms with E-state index in [0.717, 1.165) is 49.7 Å². The predicted octanol–water partition coefficient (Wildman–Crippen LogP) is 2.62. The number of aryl methyl sites for hydroxylation is 1. The molecule has 1 aromatic carbocycles. The smallest absolute Gasteiger partial charge is 0.240 e. The summed E-state index contributed by atoms with van der Waals surface area (Å²) in [6, 6.07) is 4.79. The number of carbonyl (C=O) groups excluding carboxylic acids is 1. The first-order valence-electron chi connectivity index (χ1n) is 6.97. The summed E-state index contributed by atoms with van der Waals surface area (Å²) in [5.41, 5.74) is 7.50. The van der Waals surface area contributed by atoms with E-state index in [9.17, 15) is 9.18 Å². The van der Waals surface area contributed by atoms with E-state index in [4.69, 9.17) is 5.73 Å². The SMILES string of the molecule is Cl.NC1(C(=O)NC2CCc3cc(F)ccc32)CCCC1. The Hall–Kier alpha value is -1.13. The zero-order chi connectivity index (χ0) is 13.5. The molecule has 1 fully saturated rings. The van der Waals surface area contributed by atoms with Crippen LogP contribution in [-0.4, -0.2) is 11.4 Å². The quantitative estimate of drug-likeness (QED) is 0.882. The lowest BCUT2D eigenvalue weighted by Gasteiger charge is -2.25. The summed E-state index contributed by atoms with van der Waals surface area (Å²) in [5.74, 6) is -0.260. The number of nitrogens with two attached hydrogens (primary N) is 1. The van der Waals surface area contributed by atoms with Crippen molar-refractivity contribution in [2.45, 2.75) is 50.1 Å². The fraction of sp³-hybridized carbons (Fsp3) is 0.533. The average Bonchev–Trinajstić information content (AvgIpc) is 2.97. The highest BCUT2D eigenvalue weighted by molar-refractivity contribution is 5.86. The number of rotatable bonds is 2. The van der Waals surface area contributed by atoms with Gasteiger partial charge in [0.2, 0.25) is 5.91 Å². The number of carbonyl (C=O) groups is 1. The van der Waals surface area contributed by atoms with Gasteiger partial charge in [0.15, 0.2) is 0 Å². The van der Waals surface area contributed by atoms with E-state index in [1.807, 2.05) is 0 Å². The molecule has 0 bridgehead atoms. The van der Waals surface area contributed by atoms with Crippen LogP contribution in [0.4, 0.5) is 4.39 Å². The first kappa shape index (κ1) is 15.3. The monoisotopic (exact) mass is 298 g/mol. The van der Waals surface area contributed by atoms with Gasteiger partial charge in [0, 0.05) is 0 Å². The molecule has 1 saturated carbocycles. The third kappa shape index (κ3) is 2.67. The molecule has 1 unspecified atom stereocenters. The van der Waals surface area contributed by atoms with Gasteiger partial charge in [0.25, 0.3) is 0 Å². The highest BCUT2D eigenvalue weighted by Gasteiger charge is 2.38. The molecule has 0 saturated heterocycles. The van der Waals surface area contributed by atoms with Crippen molar-refractivity contribution in [1.82, 2.24) is 5.32 Å². The number of fused-ring (bicyclic) bond motifs is 1. The standard InChI is InChI=1S/C15H19FN2O.ClH/c16-11-4-5-12-10(9-11)3-6-13(12)18-14(19)15(17)7-1-2-8-15;/h4-5,9,13H,1-3,6-8,17H2,(H,18,19);1H. The molecule has 0 aliphatic heterocycles. The van der Waals surface area contributed by atoms with Gasteiger partial charge in [-0.3, -0.25) is 4.79 Å². The van der Waals surface area contributed by atoms with Crippen molar-refractivity contribution < 1.29 is 9.18 Å². The summed E-state index contributed by atoms with van der Waals surface area (Å²) in [6.07, 6.45) is 5.23. The summed E-state index contributed by atoms with van der Waals surface area (Å²) in [6.45, 7) is 0. The third-order valence-electron chi connectivity index (χ3n) is 4.44. The molecule has 5 heteroatoms. The first-order valence-corrected chi connectivity index (χ1v) is 6.97. The van der Waals surface area contributed by atoms with Gasteiger partial charge in [-0.1, -0.05) is 18.9 Å². The largest absolute Gasteiger partial charge is 0.348 e. The second-order valence-electron chi connectivity index (χ2n) is 5.77. The number of nitrogens with one attached hydrogen (secondary N) is 1. The van der Waals surface area contributed by atoms with Crippen LogP contribution in [-0.2, 0) is 11.2 Å². The molecule has 0 spiro atoms. The molecule has 0 radical (unpaired) electrons. The van der Waals surface area contributed by atoms with Gasteiger partial charge in [0.05, 0.1) is 11.6 Å². The number of amides is 1. The van der Waals surface area contributed by atoms with Crippen LogP contribution in [0.15, 0.2) is 18.2 Å². The van der Waals surface area contributed by atoms with Crippen LogP contribution in [0.25, 0.3) is 0 Å². The Bertz CT molecular complexity index is 515. The Morgan fingerprint density at radius 3 is 2.75 bits per heavy atom. The van der Waals surface area contributed by atoms with Gasteiger partial charge in [-0.05, 0) is 48.9 Å². The second-order valence-corrected chi connectivity index (χ2v) is 5.77. The maximum absolute atomic E-state index is 13.2. The van der Waals surface area contributed by atoms with Crippen molar-refractivity contribution in [3.8, 4) is 0 Å². The molecule has 2 aliphatic carbocycles. The summed E-state index contributed by atoms with van der Waals surface area (Å²) >= 11 is 0. The van der Waals surface area contributed by atoms with E-state index >= 15 is 0 Å². The Labute approximate surface area is 124 Å². The molecular formula is C15H20ClFN2O. The highest BCUT2D eigenvalue weighted by Crippen LogP contribution is 2.33. The van der Waals surface area contributed by atoms with Crippen molar-refractivity contribution in [1.29, 1.82) is 0 Å². The van der Waals surface area contributed by atoms with Crippen LogP contribution in [0.2, 0.25) is 0 Å². The molecule has 3 rings (SSSR count). The number of hydrogen-bond acceptors (Lipinski definition) is 2. The third-order valence-corrected chi connectivity index (χ3v) is 4.44. The molecular weight excluding hydrogens is 279 g/mol. The first-order chi connectivity index (χ1) is 9.08. The number of halogens is 2. The Morgan fingerprint density at radius 2 is 2.05 bits per heavy atom. The fourth-order valence-electron chi connectivity index (χ4n) is 3.27. The molecule has 20 heavy (non-hydrogen) atoms. The Balaban J connectivity index is 0.00000147. The van der Waals surface area contributed by atoms with Gasteiger partial charge in [-0.25, -0.2) is 4.39 Å². The van der Waals surface area contributed by atoms with E-state index in [1.165, 1.54) is 6.07 Å². The minimum atomic E-state index is -0.692. The van der Waals surface area contributed by atoms with Gasteiger partial charge < -0.3 is 11.1 Å². The fourth-order valence-corrected chi connectivity index (χ4v) is 3.27. The minimum Gasteiger partial charge on any atom is -0.348 e. The molecule has 2 aliphatic rings. The molecule has 0 heterocycles. The average molecular weight is 299 g/mol. The molecule has 1 aromatic rings. The summed E-state index contributed by atoms with van der Waals surface area (Å²) < 4.78 is 13.2. The van der Waals surface area contributed by atoms with Gasteiger partial charge >= 0.3 is 0 Å². The predicted molar refractivity (Wildman–Crippen MR) is 78.2 cm³/mol. The second kappa shape index (κ2) is 5.70. The van der Waals surface area contributed by atoms with Crippen LogP contribution >= 0.6 is 12.4 Å². The maximum atomic E-state index is 13.2. The normalized spacial score (nSPS) is 23.0. The molecule has 110 valence electrons. The summed E-state index contributed by atoms with van der Waals surface area (Å²) in [4.78, 5) is 12.3. The van der Waals surface area contributed by atoms with Crippen molar-refractivity contribution in [3.05, 3.63) is 35.1 Å². The van der Waals surface area contributed by atoms with Crippen LogP contribution in [0.5, 0.6) is 0 Å². The lowest BCUT2D eigenvalue weighted by Crippen LogP contribution is -2.52. The van der Waals surface area contributed by atoms with Crippen LogP contribution in [0, 0.1) is 5.82 Å². The molecule has 3 N–H and O–H groups in total. The van der Waals surface area contributed by atoms with E-state index in [-0.39, 0.29) is 30.2 Å². The van der Waals surface area contributed by atoms with Crippen molar-refractivity contribution in [3.63, 3.8) is 0 Å². The van der Waals surface area contributed by atoms with Gasteiger partial charge in [0.1, 0.15) is 5.82 Å². The van der Waals surface area contributed by atoms with Gasteiger partial charge in [-0.15, -0.1) is 12.4 Å². The Kier molecular flexibility index (Phi) is 4.35. The van der Waals surface area contributed by atoms with Crippen LogP contribution in [0.1, 0.15) is 49.3 Å². The number of benzene rings is 1. The lowest BCUT2D eigenvalue weighted by atomic mass is 9.97. The molecule has 3 nitrogen and oxygen atoms in total. The van der Waals surface area contributed by atoms with Crippen LogP contribution < -0.4 is 11.1 Å². The van der Waals surface area contributed by atoms with E-state index in [0.29, 0.717) is 0 Å². The molecule has 0 aromatic heterocycles. The van der Waals surface area contributed by atoms with Crippen LogP contribution in [0.3, 0.4) is 0 Å². The zero-order valence-electron chi connectivity index (χ0n) is 11.3. The van der Waals surface area contributed by atoms with E-state index in [1.54, 1.807) is 12.1 Å². The van der Waals surface area contributed by atoms with Crippen molar-refractivity contribution >= 4 is 18.3 Å². The minimum absolute atomic E-state index is 0. The van der Waals surface area contributed by atoms with E-state index in [2.05, 4.69) is 5.32 Å². The molecule has 1 amide bonds. The zero-order valence-corrected chi connectivity index (χ0v) is 12.1. The highest BCUT2D eigenvalue weighted by atomic mass is 35.5. The lowest BCUT2D eigenvalue weighted by molar-refractivity contribution is -0.126. The summed E-state index contributed by atoms with van der Waals surface area (Å²) in [7, 11) is 0. The maximum Gasteiger partial charge on any atom is 0.240 e. The van der Waals surface area contributed by atoms with Gasteiger partial charge in [-0.2, -0.15) is 0 Å². The number of hydrogen-bond donors (Lipinski definition) is 2. The summed E-state index contributed by atoms with van der Waals surface area (Å²) in [5, 5.41) is 3.05. The van der Waals surface area contributed by atoms with Crippen molar-refractivity contribution in [2.24, 2.45) is 5.73 Å². The van der Waals surface area contributed by atoms with E-state index < -0.39 is 5.54 Å². The topological polar surface area (TPSA) is 55.1 Å². The molecule has 1 atom stereocenters. The Morgan fingerprint density at radius 1 is 1.35 bits per heavy atom. The van der Waals surface area contributed by atoms with Crippen molar-refractivity contribution in [2.75, 3.05) is 0 Å².